The molecule has 0 radical (unpaired) electrons. The molecule has 0 spiro atoms. The van der Waals surface area contributed by atoms with Crippen LogP contribution in [0.25, 0.3) is 10.9 Å². The van der Waals surface area contributed by atoms with Crippen molar-refractivity contribution in [3.05, 3.63) is 41.1 Å². The number of rotatable bonds is 1. The van der Waals surface area contributed by atoms with Crippen LogP contribution in [0.4, 0.5) is 0 Å². The summed E-state index contributed by atoms with van der Waals surface area (Å²) in [5, 5.41) is 0.953. The predicted octanol–water partition coefficient (Wildman–Crippen LogP) is 1.95. The SMILES string of the molecule is Cc1cc2cc(C(N)=O)ccc2nc1C. The number of fused-ring (bicyclic) bond motifs is 1. The Morgan fingerprint density at radius 1 is 1.27 bits per heavy atom. The molecule has 0 aliphatic carbocycles. The first-order chi connectivity index (χ1) is 7.08. The minimum atomic E-state index is -0.407. The number of pyridine rings is 1. The average Bonchev–Trinajstić information content (AvgIpc) is 2.19. The van der Waals surface area contributed by atoms with Gasteiger partial charge in [0.25, 0.3) is 0 Å². The van der Waals surface area contributed by atoms with Crippen LogP contribution in [0, 0.1) is 13.8 Å². The van der Waals surface area contributed by atoms with Crippen LogP contribution in [0.5, 0.6) is 0 Å². The number of hydrogen-bond acceptors (Lipinski definition) is 2. The molecule has 0 fully saturated rings. The smallest absolute Gasteiger partial charge is 0.248 e. The summed E-state index contributed by atoms with van der Waals surface area (Å²) < 4.78 is 0. The normalized spacial score (nSPS) is 10.5. The molecule has 2 rings (SSSR count). The quantitative estimate of drug-likeness (QED) is 0.764. The van der Waals surface area contributed by atoms with Crippen LogP contribution in [0.3, 0.4) is 0 Å². The van der Waals surface area contributed by atoms with Crippen molar-refractivity contribution in [2.24, 2.45) is 5.73 Å². The lowest BCUT2D eigenvalue weighted by atomic mass is 10.1. The Bertz CT molecular complexity index is 547. The lowest BCUT2D eigenvalue weighted by molar-refractivity contribution is 0.100. The van der Waals surface area contributed by atoms with Gasteiger partial charge in [-0.3, -0.25) is 9.78 Å². The highest BCUT2D eigenvalue weighted by Crippen LogP contribution is 2.17. The number of aryl methyl sites for hydroxylation is 2. The maximum atomic E-state index is 11.0. The summed E-state index contributed by atoms with van der Waals surface area (Å²) in [5.41, 5.74) is 8.75. The van der Waals surface area contributed by atoms with Crippen molar-refractivity contribution in [3.8, 4) is 0 Å². The fourth-order valence-corrected chi connectivity index (χ4v) is 1.53. The zero-order valence-corrected chi connectivity index (χ0v) is 8.74. The van der Waals surface area contributed by atoms with E-state index >= 15 is 0 Å². The van der Waals surface area contributed by atoms with Crippen LogP contribution < -0.4 is 5.73 Å². The van der Waals surface area contributed by atoms with Crippen LogP contribution in [-0.2, 0) is 0 Å². The fraction of sp³-hybridized carbons (Fsp3) is 0.167. The van der Waals surface area contributed by atoms with Crippen LogP contribution in [-0.4, -0.2) is 10.9 Å². The van der Waals surface area contributed by atoms with Crippen molar-refractivity contribution in [3.63, 3.8) is 0 Å². The van der Waals surface area contributed by atoms with Crippen LogP contribution in [0.2, 0.25) is 0 Å². The van der Waals surface area contributed by atoms with Crippen LogP contribution in [0.15, 0.2) is 24.3 Å². The van der Waals surface area contributed by atoms with Crippen molar-refractivity contribution >= 4 is 16.8 Å². The van der Waals surface area contributed by atoms with E-state index in [1.807, 2.05) is 26.0 Å². The molecule has 0 aliphatic rings. The van der Waals surface area contributed by atoms with Crippen molar-refractivity contribution < 1.29 is 4.79 Å². The standard InChI is InChI=1S/C12H12N2O/c1-7-5-10-6-9(12(13)15)3-4-11(10)14-8(7)2/h3-6H,1-2H3,(H2,13,15). The molecule has 3 nitrogen and oxygen atoms in total. The van der Waals surface area contributed by atoms with E-state index in [1.54, 1.807) is 12.1 Å². The first kappa shape index (κ1) is 9.65. The van der Waals surface area contributed by atoms with Gasteiger partial charge in [-0.25, -0.2) is 0 Å². The maximum Gasteiger partial charge on any atom is 0.248 e. The van der Waals surface area contributed by atoms with Gasteiger partial charge in [0, 0.05) is 16.6 Å². The maximum absolute atomic E-state index is 11.0. The summed E-state index contributed by atoms with van der Waals surface area (Å²) in [4.78, 5) is 15.4. The zero-order chi connectivity index (χ0) is 11.0. The van der Waals surface area contributed by atoms with Gasteiger partial charge in [0.15, 0.2) is 0 Å². The van der Waals surface area contributed by atoms with Gasteiger partial charge in [-0.05, 0) is 43.7 Å². The van der Waals surface area contributed by atoms with Gasteiger partial charge in [-0.1, -0.05) is 0 Å². The second-order valence-electron chi connectivity index (χ2n) is 3.66. The van der Waals surface area contributed by atoms with Gasteiger partial charge >= 0.3 is 0 Å². The third-order valence-corrected chi connectivity index (χ3v) is 2.54. The summed E-state index contributed by atoms with van der Waals surface area (Å²) in [6, 6.07) is 7.32. The van der Waals surface area contributed by atoms with E-state index in [0.29, 0.717) is 5.56 Å². The number of carbonyl (C=O) groups is 1. The molecule has 1 heterocycles. The highest BCUT2D eigenvalue weighted by atomic mass is 16.1. The van der Waals surface area contributed by atoms with Gasteiger partial charge in [0.1, 0.15) is 0 Å². The fourth-order valence-electron chi connectivity index (χ4n) is 1.53. The molecule has 0 aliphatic heterocycles. The second kappa shape index (κ2) is 3.35. The monoisotopic (exact) mass is 200 g/mol. The Morgan fingerprint density at radius 2 is 2.00 bits per heavy atom. The molecule has 15 heavy (non-hydrogen) atoms. The molecule has 3 heteroatoms. The zero-order valence-electron chi connectivity index (χ0n) is 8.74. The number of carbonyl (C=O) groups excluding carboxylic acids is 1. The minimum absolute atomic E-state index is 0.407. The molecule has 76 valence electrons. The largest absolute Gasteiger partial charge is 0.366 e. The molecule has 1 aromatic heterocycles. The second-order valence-corrected chi connectivity index (χ2v) is 3.66. The van der Waals surface area contributed by atoms with Gasteiger partial charge in [-0.2, -0.15) is 0 Å². The van der Waals surface area contributed by atoms with E-state index in [0.717, 1.165) is 22.2 Å². The van der Waals surface area contributed by atoms with Crippen molar-refractivity contribution in [1.29, 1.82) is 0 Å². The molecular weight excluding hydrogens is 188 g/mol. The molecule has 1 amide bonds. The Morgan fingerprint density at radius 3 is 2.67 bits per heavy atom. The lowest BCUT2D eigenvalue weighted by Gasteiger charge is -2.04. The molecule has 0 saturated heterocycles. The van der Waals surface area contributed by atoms with Gasteiger partial charge in [0.2, 0.25) is 5.91 Å². The highest BCUT2D eigenvalue weighted by Gasteiger charge is 2.03. The summed E-state index contributed by atoms with van der Waals surface area (Å²) >= 11 is 0. The topological polar surface area (TPSA) is 56.0 Å². The lowest BCUT2D eigenvalue weighted by Crippen LogP contribution is -2.10. The predicted molar refractivity (Wildman–Crippen MR) is 59.7 cm³/mol. The van der Waals surface area contributed by atoms with Gasteiger partial charge in [0.05, 0.1) is 5.52 Å². The number of nitrogens with two attached hydrogens (primary N) is 1. The first-order valence-electron chi connectivity index (χ1n) is 4.76. The number of benzene rings is 1. The molecule has 0 unspecified atom stereocenters. The average molecular weight is 200 g/mol. The third kappa shape index (κ3) is 1.68. The molecule has 0 saturated carbocycles. The highest BCUT2D eigenvalue weighted by molar-refractivity contribution is 5.96. The number of primary amides is 1. The molecule has 0 atom stereocenters. The Hall–Kier alpha value is -1.90. The Labute approximate surface area is 87.9 Å². The van der Waals surface area contributed by atoms with E-state index in [9.17, 15) is 4.79 Å². The molecular formula is C12H12N2O. The summed E-state index contributed by atoms with van der Waals surface area (Å²) in [6.07, 6.45) is 0. The first-order valence-corrected chi connectivity index (χ1v) is 4.76. The summed E-state index contributed by atoms with van der Waals surface area (Å²) in [6.45, 7) is 3.97. The summed E-state index contributed by atoms with van der Waals surface area (Å²) in [5.74, 6) is -0.407. The van der Waals surface area contributed by atoms with Crippen molar-refractivity contribution in [2.45, 2.75) is 13.8 Å². The van der Waals surface area contributed by atoms with E-state index < -0.39 is 5.91 Å². The molecule has 0 bridgehead atoms. The Balaban J connectivity index is 2.72. The number of amides is 1. The van der Waals surface area contributed by atoms with Crippen molar-refractivity contribution in [2.75, 3.05) is 0 Å². The number of aromatic nitrogens is 1. The van der Waals surface area contributed by atoms with E-state index in [1.165, 1.54) is 0 Å². The third-order valence-electron chi connectivity index (χ3n) is 2.54. The van der Waals surface area contributed by atoms with E-state index in [-0.39, 0.29) is 0 Å². The van der Waals surface area contributed by atoms with Gasteiger partial charge in [-0.15, -0.1) is 0 Å². The minimum Gasteiger partial charge on any atom is -0.366 e. The molecule has 1 aromatic carbocycles. The molecule has 2 aromatic rings. The number of nitrogens with zero attached hydrogens (tertiary/aromatic N) is 1. The number of hydrogen-bond donors (Lipinski definition) is 1. The van der Waals surface area contributed by atoms with E-state index in [4.69, 9.17) is 5.73 Å². The Kier molecular flexibility index (Phi) is 2.15. The van der Waals surface area contributed by atoms with Crippen LogP contribution >= 0.6 is 0 Å². The molecule has 2 N–H and O–H groups in total. The van der Waals surface area contributed by atoms with E-state index in [2.05, 4.69) is 4.98 Å². The van der Waals surface area contributed by atoms with Gasteiger partial charge < -0.3 is 5.73 Å². The summed E-state index contributed by atoms with van der Waals surface area (Å²) in [7, 11) is 0. The van der Waals surface area contributed by atoms with Crippen molar-refractivity contribution in [1.82, 2.24) is 4.98 Å². The van der Waals surface area contributed by atoms with Crippen LogP contribution in [0.1, 0.15) is 21.6 Å².